The van der Waals surface area contributed by atoms with Crippen molar-refractivity contribution in [2.75, 3.05) is 11.9 Å². The standard InChI is InChI=1S/C27H21N3O4S/c1-3-33-27(32)20-11-9-18(10-12-20)23-14-13-22(34-23)15-21(16-28)25-30-24(19-7-5-4-6-8-19)26(35-25)29-17(2)31/h4-15H,3H2,1-2H3,(H,29,31). The molecule has 2 aromatic heterocycles. The number of hydrogen-bond donors (Lipinski definition) is 1. The summed E-state index contributed by atoms with van der Waals surface area (Å²) in [5.74, 6) is 0.470. The van der Waals surface area contributed by atoms with Crippen molar-refractivity contribution in [3.63, 3.8) is 0 Å². The maximum absolute atomic E-state index is 11.8. The number of amides is 1. The van der Waals surface area contributed by atoms with Crippen molar-refractivity contribution in [3.8, 4) is 28.7 Å². The SMILES string of the molecule is CCOC(=O)c1ccc(-c2ccc(C=C(C#N)c3nc(-c4ccccc4)c(NC(C)=O)s3)o2)cc1. The van der Waals surface area contributed by atoms with Crippen LogP contribution in [0.2, 0.25) is 0 Å². The first-order valence-corrected chi connectivity index (χ1v) is 11.6. The average molecular weight is 484 g/mol. The Balaban J connectivity index is 1.63. The highest BCUT2D eigenvalue weighted by molar-refractivity contribution is 7.17. The second-order valence-electron chi connectivity index (χ2n) is 7.41. The van der Waals surface area contributed by atoms with Gasteiger partial charge in [0.15, 0.2) is 0 Å². The summed E-state index contributed by atoms with van der Waals surface area (Å²) in [5, 5.41) is 13.7. The fourth-order valence-corrected chi connectivity index (χ4v) is 4.33. The molecule has 4 aromatic rings. The third-order valence-corrected chi connectivity index (χ3v) is 5.91. The van der Waals surface area contributed by atoms with Crippen molar-refractivity contribution >= 4 is 39.9 Å². The summed E-state index contributed by atoms with van der Waals surface area (Å²) < 4.78 is 10.9. The van der Waals surface area contributed by atoms with Crippen LogP contribution in [0.25, 0.3) is 34.2 Å². The van der Waals surface area contributed by atoms with E-state index in [4.69, 9.17) is 9.15 Å². The number of anilines is 1. The van der Waals surface area contributed by atoms with E-state index in [0.29, 0.717) is 45.0 Å². The van der Waals surface area contributed by atoms with Crippen LogP contribution in [0.3, 0.4) is 0 Å². The Labute approximate surface area is 206 Å². The van der Waals surface area contributed by atoms with Gasteiger partial charge in [-0.2, -0.15) is 5.26 Å². The lowest BCUT2D eigenvalue weighted by Crippen LogP contribution is -2.05. The predicted octanol–water partition coefficient (Wildman–Crippen LogP) is 6.27. The number of hydrogen-bond acceptors (Lipinski definition) is 7. The fraction of sp³-hybridized carbons (Fsp3) is 0.111. The smallest absolute Gasteiger partial charge is 0.338 e. The lowest BCUT2D eigenvalue weighted by Gasteiger charge is -2.02. The van der Waals surface area contributed by atoms with Crippen LogP contribution in [-0.2, 0) is 9.53 Å². The maximum Gasteiger partial charge on any atom is 0.338 e. The molecule has 35 heavy (non-hydrogen) atoms. The van der Waals surface area contributed by atoms with Crippen molar-refractivity contribution in [2.45, 2.75) is 13.8 Å². The molecule has 1 N–H and O–H groups in total. The third-order valence-electron chi connectivity index (χ3n) is 4.91. The van der Waals surface area contributed by atoms with Crippen LogP contribution in [0.1, 0.15) is 35.0 Å². The largest absolute Gasteiger partial charge is 0.462 e. The number of ether oxygens (including phenoxy) is 1. The minimum atomic E-state index is -0.377. The molecule has 4 rings (SSSR count). The first-order chi connectivity index (χ1) is 17.0. The highest BCUT2D eigenvalue weighted by Gasteiger charge is 2.17. The normalized spacial score (nSPS) is 11.1. The summed E-state index contributed by atoms with van der Waals surface area (Å²) in [6.07, 6.45) is 1.61. The number of nitriles is 1. The van der Waals surface area contributed by atoms with Crippen molar-refractivity contribution < 1.29 is 18.7 Å². The molecule has 0 saturated carbocycles. The Hall–Kier alpha value is -4.48. The van der Waals surface area contributed by atoms with Crippen molar-refractivity contribution in [1.29, 1.82) is 5.26 Å². The molecule has 7 nitrogen and oxygen atoms in total. The number of allylic oxidation sites excluding steroid dienone is 1. The zero-order valence-electron chi connectivity index (χ0n) is 19.1. The molecule has 1 amide bonds. The number of esters is 1. The van der Waals surface area contributed by atoms with Gasteiger partial charge in [-0.05, 0) is 31.2 Å². The quantitative estimate of drug-likeness (QED) is 0.245. The zero-order valence-corrected chi connectivity index (χ0v) is 19.9. The van der Waals surface area contributed by atoms with Gasteiger partial charge in [-0.3, -0.25) is 4.79 Å². The summed E-state index contributed by atoms with van der Waals surface area (Å²) in [4.78, 5) is 28.2. The molecule has 0 spiro atoms. The Morgan fingerprint density at radius 2 is 1.83 bits per heavy atom. The van der Waals surface area contributed by atoms with E-state index in [2.05, 4.69) is 16.4 Å². The van der Waals surface area contributed by atoms with Crippen LogP contribution in [0.5, 0.6) is 0 Å². The summed E-state index contributed by atoms with van der Waals surface area (Å²) in [7, 11) is 0. The minimum absolute atomic E-state index is 0.218. The second-order valence-corrected chi connectivity index (χ2v) is 8.41. The number of carbonyl (C=O) groups is 2. The Morgan fingerprint density at radius 3 is 2.49 bits per heavy atom. The summed E-state index contributed by atoms with van der Waals surface area (Å²) >= 11 is 1.23. The number of carbonyl (C=O) groups excluding carboxylic acids is 2. The van der Waals surface area contributed by atoms with E-state index in [1.54, 1.807) is 49.4 Å². The van der Waals surface area contributed by atoms with Crippen LogP contribution in [0.15, 0.2) is 71.1 Å². The van der Waals surface area contributed by atoms with E-state index in [1.165, 1.54) is 18.3 Å². The molecule has 0 atom stereocenters. The van der Waals surface area contributed by atoms with E-state index < -0.39 is 0 Å². The summed E-state index contributed by atoms with van der Waals surface area (Å²) in [5.41, 5.74) is 2.99. The number of nitrogens with zero attached hydrogens (tertiary/aromatic N) is 2. The molecule has 0 aliphatic rings. The van der Waals surface area contributed by atoms with Gasteiger partial charge >= 0.3 is 5.97 Å². The molecule has 2 aromatic carbocycles. The topological polar surface area (TPSA) is 105 Å². The van der Waals surface area contributed by atoms with Gasteiger partial charge in [0.1, 0.15) is 33.3 Å². The highest BCUT2D eigenvalue weighted by atomic mass is 32.1. The van der Waals surface area contributed by atoms with Crippen molar-refractivity contribution in [3.05, 3.63) is 83.1 Å². The van der Waals surface area contributed by atoms with E-state index in [0.717, 1.165) is 11.1 Å². The third kappa shape index (κ3) is 5.54. The average Bonchev–Trinajstić information content (AvgIpc) is 3.50. The van der Waals surface area contributed by atoms with Gasteiger partial charge < -0.3 is 14.5 Å². The molecule has 0 aliphatic heterocycles. The van der Waals surface area contributed by atoms with E-state index in [1.807, 2.05) is 30.3 Å². The molecule has 0 radical (unpaired) electrons. The molecule has 0 bridgehead atoms. The number of benzene rings is 2. The number of nitrogens with one attached hydrogen (secondary N) is 1. The van der Waals surface area contributed by atoms with Gasteiger partial charge in [-0.1, -0.05) is 53.8 Å². The molecule has 0 unspecified atom stereocenters. The highest BCUT2D eigenvalue weighted by Crippen LogP contribution is 2.36. The monoisotopic (exact) mass is 483 g/mol. The summed E-state index contributed by atoms with van der Waals surface area (Å²) in [6, 6.07) is 22.1. The molecular weight excluding hydrogens is 462 g/mol. The zero-order chi connectivity index (χ0) is 24.8. The van der Waals surface area contributed by atoms with Gasteiger partial charge in [0, 0.05) is 24.1 Å². The molecule has 2 heterocycles. The fourth-order valence-electron chi connectivity index (χ4n) is 3.33. The van der Waals surface area contributed by atoms with Gasteiger partial charge in [-0.15, -0.1) is 0 Å². The number of rotatable bonds is 7. The van der Waals surface area contributed by atoms with Gasteiger partial charge in [-0.25, -0.2) is 9.78 Å². The van der Waals surface area contributed by atoms with Crippen LogP contribution >= 0.6 is 11.3 Å². The molecular formula is C27H21N3O4S. The first-order valence-electron chi connectivity index (χ1n) is 10.8. The Bertz CT molecular complexity index is 1430. The number of furan rings is 1. The summed E-state index contributed by atoms with van der Waals surface area (Å²) in [6.45, 7) is 3.50. The Morgan fingerprint density at radius 1 is 1.09 bits per heavy atom. The van der Waals surface area contributed by atoms with E-state index >= 15 is 0 Å². The predicted molar refractivity (Wildman–Crippen MR) is 135 cm³/mol. The van der Waals surface area contributed by atoms with Crippen molar-refractivity contribution in [2.24, 2.45) is 0 Å². The van der Waals surface area contributed by atoms with E-state index in [-0.39, 0.29) is 11.9 Å². The van der Waals surface area contributed by atoms with Crippen molar-refractivity contribution in [1.82, 2.24) is 4.98 Å². The lowest BCUT2D eigenvalue weighted by molar-refractivity contribution is -0.114. The number of aromatic nitrogens is 1. The lowest BCUT2D eigenvalue weighted by atomic mass is 10.1. The minimum Gasteiger partial charge on any atom is -0.462 e. The molecule has 0 aliphatic carbocycles. The van der Waals surface area contributed by atoms with Crippen LogP contribution < -0.4 is 5.32 Å². The maximum atomic E-state index is 11.8. The van der Waals surface area contributed by atoms with Gasteiger partial charge in [0.25, 0.3) is 0 Å². The van der Waals surface area contributed by atoms with Gasteiger partial charge in [0.2, 0.25) is 5.91 Å². The van der Waals surface area contributed by atoms with Crippen LogP contribution in [-0.4, -0.2) is 23.5 Å². The molecule has 8 heteroatoms. The van der Waals surface area contributed by atoms with Gasteiger partial charge in [0.05, 0.1) is 17.7 Å². The molecule has 174 valence electrons. The Kier molecular flexibility index (Phi) is 7.19. The second kappa shape index (κ2) is 10.6. The number of thiazole rings is 1. The molecule has 0 fully saturated rings. The molecule has 0 saturated heterocycles. The van der Waals surface area contributed by atoms with Crippen LogP contribution in [0.4, 0.5) is 5.00 Å². The van der Waals surface area contributed by atoms with Crippen LogP contribution in [0, 0.1) is 11.3 Å². The van der Waals surface area contributed by atoms with E-state index in [9.17, 15) is 14.9 Å². The first kappa shape index (κ1) is 23.7.